The zero-order chi connectivity index (χ0) is 13.0. The SMILES string of the molecule is CC(C)NC(=O)CC1SCC(C(=O)O)NC1O. The summed E-state index contributed by atoms with van der Waals surface area (Å²) in [6, 6.07) is -0.688. The highest BCUT2D eigenvalue weighted by molar-refractivity contribution is 8.00. The van der Waals surface area contributed by atoms with E-state index in [-0.39, 0.29) is 23.6 Å². The molecule has 0 saturated carbocycles. The first-order valence-electron chi connectivity index (χ1n) is 5.48. The van der Waals surface area contributed by atoms with E-state index in [0.29, 0.717) is 5.75 Å². The molecular formula is C10H18N2O4S. The summed E-state index contributed by atoms with van der Waals surface area (Å²) in [5, 5.41) is 23.5. The lowest BCUT2D eigenvalue weighted by Crippen LogP contribution is -2.54. The zero-order valence-corrected chi connectivity index (χ0v) is 10.7. The first-order valence-corrected chi connectivity index (χ1v) is 6.53. The van der Waals surface area contributed by atoms with Gasteiger partial charge in [0, 0.05) is 18.2 Å². The predicted molar refractivity (Wildman–Crippen MR) is 64.7 cm³/mol. The van der Waals surface area contributed by atoms with Gasteiger partial charge in [-0.1, -0.05) is 0 Å². The van der Waals surface area contributed by atoms with Crippen molar-refractivity contribution in [1.82, 2.24) is 10.6 Å². The number of carboxylic acid groups (broad SMARTS) is 1. The number of hydrogen-bond donors (Lipinski definition) is 4. The van der Waals surface area contributed by atoms with E-state index in [2.05, 4.69) is 10.6 Å². The minimum atomic E-state index is -0.985. The fourth-order valence-electron chi connectivity index (χ4n) is 1.55. The minimum absolute atomic E-state index is 0.0629. The Morgan fingerprint density at radius 2 is 2.18 bits per heavy atom. The van der Waals surface area contributed by atoms with Crippen LogP contribution in [0.4, 0.5) is 0 Å². The summed E-state index contributed by atoms with van der Waals surface area (Å²) in [5.41, 5.74) is 0. The molecule has 1 fully saturated rings. The van der Waals surface area contributed by atoms with Crippen molar-refractivity contribution in [2.24, 2.45) is 0 Å². The number of carbonyl (C=O) groups is 2. The van der Waals surface area contributed by atoms with Crippen molar-refractivity contribution < 1.29 is 19.8 Å². The van der Waals surface area contributed by atoms with Gasteiger partial charge >= 0.3 is 5.97 Å². The fraction of sp³-hybridized carbons (Fsp3) is 0.800. The Hall–Kier alpha value is -0.790. The first-order chi connectivity index (χ1) is 7.90. The summed E-state index contributed by atoms with van der Waals surface area (Å²) in [5.74, 6) is -0.764. The molecule has 1 rings (SSSR count). The third-order valence-corrected chi connectivity index (χ3v) is 3.71. The van der Waals surface area contributed by atoms with E-state index >= 15 is 0 Å². The summed E-state index contributed by atoms with van der Waals surface area (Å²) < 4.78 is 0. The number of nitrogens with one attached hydrogen (secondary N) is 2. The van der Waals surface area contributed by atoms with Gasteiger partial charge in [-0.05, 0) is 13.8 Å². The van der Waals surface area contributed by atoms with Crippen LogP contribution in [0.3, 0.4) is 0 Å². The molecular weight excluding hydrogens is 244 g/mol. The van der Waals surface area contributed by atoms with Gasteiger partial charge in [0.1, 0.15) is 12.3 Å². The van der Waals surface area contributed by atoms with Crippen LogP contribution in [0.25, 0.3) is 0 Å². The highest BCUT2D eigenvalue weighted by atomic mass is 32.2. The molecule has 1 aliphatic heterocycles. The molecule has 1 heterocycles. The third kappa shape index (κ3) is 4.53. The second kappa shape index (κ2) is 6.23. The average Bonchev–Trinajstić information content (AvgIpc) is 2.19. The molecule has 0 aromatic carbocycles. The minimum Gasteiger partial charge on any atom is -0.480 e. The van der Waals surface area contributed by atoms with Crippen LogP contribution >= 0.6 is 11.8 Å². The fourth-order valence-corrected chi connectivity index (χ4v) is 2.76. The Morgan fingerprint density at radius 3 is 2.65 bits per heavy atom. The van der Waals surface area contributed by atoms with E-state index in [1.807, 2.05) is 13.8 Å². The smallest absolute Gasteiger partial charge is 0.321 e. The van der Waals surface area contributed by atoms with E-state index in [1.165, 1.54) is 11.8 Å². The van der Waals surface area contributed by atoms with Crippen LogP contribution < -0.4 is 10.6 Å². The van der Waals surface area contributed by atoms with Crippen molar-refractivity contribution in [3.8, 4) is 0 Å². The van der Waals surface area contributed by atoms with Gasteiger partial charge in [0.2, 0.25) is 5.91 Å². The molecule has 0 radical (unpaired) electrons. The number of aliphatic carboxylic acids is 1. The molecule has 17 heavy (non-hydrogen) atoms. The molecule has 1 aliphatic rings. The number of carbonyl (C=O) groups excluding carboxylic acids is 1. The van der Waals surface area contributed by atoms with Gasteiger partial charge in [-0.3, -0.25) is 14.9 Å². The number of thioether (sulfide) groups is 1. The molecule has 7 heteroatoms. The molecule has 3 atom stereocenters. The summed E-state index contributed by atoms with van der Waals surface area (Å²) in [7, 11) is 0. The van der Waals surface area contributed by atoms with Gasteiger partial charge in [0.05, 0.1) is 5.25 Å². The lowest BCUT2D eigenvalue weighted by Gasteiger charge is -2.31. The molecule has 6 nitrogen and oxygen atoms in total. The molecule has 4 N–H and O–H groups in total. The maximum atomic E-state index is 11.5. The highest BCUT2D eigenvalue weighted by Crippen LogP contribution is 2.23. The van der Waals surface area contributed by atoms with E-state index in [0.717, 1.165) is 0 Å². The number of rotatable bonds is 4. The second-order valence-electron chi connectivity index (χ2n) is 4.30. The van der Waals surface area contributed by atoms with E-state index in [1.54, 1.807) is 0 Å². The molecule has 98 valence electrons. The molecule has 0 spiro atoms. The third-order valence-electron chi connectivity index (χ3n) is 2.34. The van der Waals surface area contributed by atoms with Crippen LogP contribution in [0.2, 0.25) is 0 Å². The lowest BCUT2D eigenvalue weighted by molar-refractivity contribution is -0.140. The first kappa shape index (κ1) is 14.3. The summed E-state index contributed by atoms with van der Waals surface area (Å²) >= 11 is 1.31. The van der Waals surface area contributed by atoms with Gasteiger partial charge in [0.15, 0.2) is 0 Å². The van der Waals surface area contributed by atoms with Crippen molar-refractivity contribution in [2.45, 2.75) is 43.8 Å². The normalized spacial score (nSPS) is 29.1. The van der Waals surface area contributed by atoms with Gasteiger partial charge in [0.25, 0.3) is 0 Å². The predicted octanol–water partition coefficient (Wildman–Crippen LogP) is -0.622. The number of amides is 1. The van der Waals surface area contributed by atoms with Gasteiger partial charge in [-0.2, -0.15) is 11.8 Å². The van der Waals surface area contributed by atoms with Crippen LogP contribution in [0, 0.1) is 0 Å². The number of carboxylic acids is 1. The average molecular weight is 262 g/mol. The van der Waals surface area contributed by atoms with E-state index in [9.17, 15) is 14.7 Å². The topological polar surface area (TPSA) is 98.7 Å². The molecule has 1 saturated heterocycles. The van der Waals surface area contributed by atoms with Crippen LogP contribution in [0.5, 0.6) is 0 Å². The quantitative estimate of drug-likeness (QED) is 0.539. The molecule has 0 aromatic heterocycles. The van der Waals surface area contributed by atoms with Crippen molar-refractivity contribution in [3.63, 3.8) is 0 Å². The Morgan fingerprint density at radius 1 is 1.53 bits per heavy atom. The molecule has 0 aliphatic carbocycles. The van der Waals surface area contributed by atoms with Crippen LogP contribution in [0.1, 0.15) is 20.3 Å². The monoisotopic (exact) mass is 262 g/mol. The highest BCUT2D eigenvalue weighted by Gasteiger charge is 2.33. The standard InChI is InChI=1S/C10H18N2O4S/c1-5(2)11-8(13)3-7-9(14)12-6(4-17-7)10(15)16/h5-7,9,12,14H,3-4H2,1-2H3,(H,11,13)(H,15,16). The maximum Gasteiger partial charge on any atom is 0.321 e. The number of hydrogen-bond acceptors (Lipinski definition) is 5. The summed E-state index contributed by atoms with van der Waals surface area (Å²) in [6.45, 7) is 3.72. The number of aliphatic hydroxyl groups excluding tert-OH is 1. The molecule has 3 unspecified atom stereocenters. The van der Waals surface area contributed by atoms with Crippen LogP contribution in [-0.4, -0.2) is 51.4 Å². The second-order valence-corrected chi connectivity index (χ2v) is 5.57. The number of aliphatic hydroxyl groups is 1. The Balaban J connectivity index is 2.42. The van der Waals surface area contributed by atoms with Gasteiger partial charge < -0.3 is 15.5 Å². The Bertz CT molecular complexity index is 298. The Labute approximate surface area is 104 Å². The zero-order valence-electron chi connectivity index (χ0n) is 9.84. The summed E-state index contributed by atoms with van der Waals surface area (Å²) in [6.07, 6.45) is -0.781. The summed E-state index contributed by atoms with van der Waals surface area (Å²) in [4.78, 5) is 22.2. The van der Waals surface area contributed by atoms with E-state index < -0.39 is 18.2 Å². The largest absolute Gasteiger partial charge is 0.480 e. The maximum absolute atomic E-state index is 11.5. The molecule has 0 bridgehead atoms. The van der Waals surface area contributed by atoms with Crippen molar-refractivity contribution in [1.29, 1.82) is 0 Å². The lowest BCUT2D eigenvalue weighted by atomic mass is 10.2. The van der Waals surface area contributed by atoms with Gasteiger partial charge in [-0.15, -0.1) is 0 Å². The molecule has 1 amide bonds. The van der Waals surface area contributed by atoms with Crippen molar-refractivity contribution >= 4 is 23.6 Å². The van der Waals surface area contributed by atoms with Crippen LogP contribution in [0.15, 0.2) is 0 Å². The van der Waals surface area contributed by atoms with Gasteiger partial charge in [-0.25, -0.2) is 0 Å². The molecule has 0 aromatic rings. The van der Waals surface area contributed by atoms with Crippen molar-refractivity contribution in [3.05, 3.63) is 0 Å². The van der Waals surface area contributed by atoms with Crippen LogP contribution in [-0.2, 0) is 9.59 Å². The van der Waals surface area contributed by atoms with E-state index in [4.69, 9.17) is 5.11 Å². The van der Waals surface area contributed by atoms with Crippen molar-refractivity contribution in [2.75, 3.05) is 5.75 Å². The Kier molecular flexibility index (Phi) is 5.23.